The Morgan fingerprint density at radius 2 is 1.73 bits per heavy atom. The van der Waals surface area contributed by atoms with Crippen LogP contribution in [0.25, 0.3) is 0 Å². The van der Waals surface area contributed by atoms with Crippen molar-refractivity contribution in [3.8, 4) is 5.75 Å². The summed E-state index contributed by atoms with van der Waals surface area (Å²) in [6.07, 6.45) is -4.07. The molecule has 0 aliphatic carbocycles. The summed E-state index contributed by atoms with van der Waals surface area (Å²) in [4.78, 5) is 12.1. The number of hydrogen-bond donors (Lipinski definition) is 2. The van der Waals surface area contributed by atoms with Crippen LogP contribution in [0, 0.1) is 0 Å². The van der Waals surface area contributed by atoms with E-state index in [-0.39, 0.29) is 27.9 Å². The second-order valence-electron chi connectivity index (χ2n) is 6.76. The van der Waals surface area contributed by atoms with Gasteiger partial charge in [0, 0.05) is 12.3 Å². The molecule has 3 rings (SSSR count). The summed E-state index contributed by atoms with van der Waals surface area (Å²) in [5.74, 6) is 0.578. The van der Waals surface area contributed by atoms with E-state index in [0.29, 0.717) is 16.7 Å². The van der Waals surface area contributed by atoms with Crippen LogP contribution in [-0.4, -0.2) is 41.4 Å². The van der Waals surface area contributed by atoms with Crippen LogP contribution in [0.2, 0.25) is 5.02 Å². The largest absolute Gasteiger partial charge is 0.479 e. The van der Waals surface area contributed by atoms with Gasteiger partial charge in [-0.2, -0.15) is 13.2 Å². The highest BCUT2D eigenvalue weighted by molar-refractivity contribution is 7.91. The number of benzene rings is 1. The lowest BCUT2D eigenvalue weighted by Crippen LogP contribution is -2.31. The van der Waals surface area contributed by atoms with Crippen molar-refractivity contribution >= 4 is 44.6 Å². The zero-order valence-electron chi connectivity index (χ0n) is 17.4. The molecule has 2 aromatic heterocycles. The number of ether oxygens (including phenoxy) is 1. The van der Waals surface area contributed by atoms with Crippen LogP contribution in [0.3, 0.4) is 0 Å². The SMILES string of the molecule is CCS(=O)(=O)c1ccc(OC(C)C(F)(F)F)c(Nc2cc(Nc3ccc(Cl)cn3)ncn2)c1. The Kier molecular flexibility index (Phi) is 7.28. The van der Waals surface area contributed by atoms with Gasteiger partial charge in [-0.3, -0.25) is 0 Å². The smallest absolute Gasteiger partial charge is 0.425 e. The van der Waals surface area contributed by atoms with Crippen molar-refractivity contribution in [2.24, 2.45) is 0 Å². The van der Waals surface area contributed by atoms with Gasteiger partial charge < -0.3 is 15.4 Å². The highest BCUT2D eigenvalue weighted by Gasteiger charge is 2.38. The van der Waals surface area contributed by atoms with Crippen LogP contribution in [0.5, 0.6) is 5.75 Å². The highest BCUT2D eigenvalue weighted by atomic mass is 35.5. The zero-order valence-corrected chi connectivity index (χ0v) is 19.0. The fraction of sp³-hybridized carbons (Fsp3) is 0.250. The van der Waals surface area contributed by atoms with Crippen LogP contribution >= 0.6 is 11.6 Å². The Hall–Kier alpha value is -3.12. The van der Waals surface area contributed by atoms with Gasteiger partial charge in [0.25, 0.3) is 0 Å². The Bertz CT molecular complexity index is 1220. The number of sulfone groups is 1. The monoisotopic (exact) mass is 501 g/mol. The van der Waals surface area contributed by atoms with Gasteiger partial charge in [-0.15, -0.1) is 0 Å². The number of nitrogens with zero attached hydrogens (tertiary/aromatic N) is 3. The molecule has 13 heteroatoms. The number of alkyl halides is 3. The van der Waals surface area contributed by atoms with E-state index in [9.17, 15) is 21.6 Å². The van der Waals surface area contributed by atoms with E-state index in [4.69, 9.17) is 16.3 Å². The van der Waals surface area contributed by atoms with Crippen molar-refractivity contribution in [1.29, 1.82) is 0 Å². The molecule has 1 unspecified atom stereocenters. The molecule has 1 atom stereocenters. The summed E-state index contributed by atoms with van der Waals surface area (Å²) in [5.41, 5.74) is -0.00473. The summed E-state index contributed by atoms with van der Waals surface area (Å²) < 4.78 is 68.7. The number of hydrogen-bond acceptors (Lipinski definition) is 8. The molecule has 0 spiro atoms. The van der Waals surface area contributed by atoms with Gasteiger partial charge in [-0.1, -0.05) is 18.5 Å². The molecule has 0 aliphatic heterocycles. The molecule has 0 saturated carbocycles. The summed E-state index contributed by atoms with van der Waals surface area (Å²) in [5, 5.41) is 6.20. The van der Waals surface area contributed by atoms with E-state index in [2.05, 4.69) is 25.6 Å². The van der Waals surface area contributed by atoms with E-state index in [1.54, 1.807) is 12.1 Å². The Balaban J connectivity index is 1.93. The maximum absolute atomic E-state index is 13.0. The van der Waals surface area contributed by atoms with Crippen LogP contribution in [0.4, 0.5) is 36.3 Å². The first kappa shape index (κ1) is 24.5. The lowest BCUT2D eigenvalue weighted by atomic mass is 10.2. The van der Waals surface area contributed by atoms with Crippen molar-refractivity contribution in [3.05, 3.63) is 53.9 Å². The minimum absolute atomic E-state index is 0.00473. The fourth-order valence-corrected chi connectivity index (χ4v) is 3.56. The minimum atomic E-state index is -4.61. The van der Waals surface area contributed by atoms with E-state index in [0.717, 1.165) is 6.92 Å². The first-order chi connectivity index (χ1) is 15.5. The standard InChI is InChI=1S/C20H19ClF3N5O3S/c1-3-33(30,31)14-5-6-16(32-12(2)20(22,23)24)15(8-14)28-18-9-19(27-11-26-18)29-17-7-4-13(21)10-25-17/h4-12H,3H2,1-2H3,(H2,25,26,27,28,29). The molecular weight excluding hydrogens is 483 g/mol. The predicted octanol–water partition coefficient (Wildman–Crippen LogP) is 5.14. The van der Waals surface area contributed by atoms with Gasteiger partial charge in [0.05, 0.1) is 21.4 Å². The summed E-state index contributed by atoms with van der Waals surface area (Å²) >= 11 is 5.81. The van der Waals surface area contributed by atoms with E-state index in [1.807, 2.05) is 0 Å². The first-order valence-corrected chi connectivity index (χ1v) is 11.6. The van der Waals surface area contributed by atoms with Crippen LogP contribution in [-0.2, 0) is 9.84 Å². The average molecular weight is 502 g/mol. The molecule has 2 heterocycles. The average Bonchev–Trinajstić information content (AvgIpc) is 2.76. The maximum Gasteiger partial charge on any atom is 0.425 e. The van der Waals surface area contributed by atoms with Crippen molar-refractivity contribution in [3.63, 3.8) is 0 Å². The van der Waals surface area contributed by atoms with E-state index in [1.165, 1.54) is 43.7 Å². The Morgan fingerprint density at radius 1 is 1.03 bits per heavy atom. The topological polar surface area (TPSA) is 106 Å². The lowest BCUT2D eigenvalue weighted by molar-refractivity contribution is -0.189. The molecule has 0 bridgehead atoms. The number of nitrogens with one attached hydrogen (secondary N) is 2. The van der Waals surface area contributed by atoms with Gasteiger partial charge in [0.15, 0.2) is 15.9 Å². The summed E-state index contributed by atoms with van der Waals surface area (Å²) in [6, 6.07) is 8.29. The molecule has 0 amide bonds. The van der Waals surface area contributed by atoms with E-state index < -0.39 is 22.1 Å². The Labute approximate surface area is 193 Å². The molecule has 0 saturated heterocycles. The second kappa shape index (κ2) is 9.79. The number of rotatable bonds is 8. The molecule has 33 heavy (non-hydrogen) atoms. The molecular formula is C20H19ClF3N5O3S. The molecule has 8 nitrogen and oxygen atoms in total. The van der Waals surface area contributed by atoms with Crippen molar-refractivity contribution < 1.29 is 26.3 Å². The van der Waals surface area contributed by atoms with Crippen molar-refractivity contribution in [2.75, 3.05) is 16.4 Å². The molecule has 2 N–H and O–H groups in total. The van der Waals surface area contributed by atoms with Gasteiger partial charge in [-0.25, -0.2) is 23.4 Å². The first-order valence-electron chi connectivity index (χ1n) is 9.56. The molecule has 176 valence electrons. The van der Waals surface area contributed by atoms with Crippen LogP contribution in [0.15, 0.2) is 53.8 Å². The number of anilines is 4. The van der Waals surface area contributed by atoms with Crippen LogP contribution in [0.1, 0.15) is 13.8 Å². The summed E-state index contributed by atoms with van der Waals surface area (Å²) in [6.45, 7) is 2.32. The molecule has 0 aliphatic rings. The lowest BCUT2D eigenvalue weighted by Gasteiger charge is -2.20. The molecule has 3 aromatic rings. The van der Waals surface area contributed by atoms with Gasteiger partial charge in [-0.05, 0) is 37.3 Å². The number of halogens is 4. The molecule has 0 radical (unpaired) electrons. The summed E-state index contributed by atoms with van der Waals surface area (Å²) in [7, 11) is -3.62. The normalized spacial score (nSPS) is 12.8. The molecule has 1 aromatic carbocycles. The number of pyridine rings is 1. The quantitative estimate of drug-likeness (QED) is 0.437. The third-order valence-corrected chi connectivity index (χ3v) is 6.32. The highest BCUT2D eigenvalue weighted by Crippen LogP contribution is 2.34. The molecule has 0 fully saturated rings. The second-order valence-corrected chi connectivity index (χ2v) is 9.48. The zero-order chi connectivity index (χ0) is 24.2. The minimum Gasteiger partial charge on any atom is -0.479 e. The third kappa shape index (κ3) is 6.45. The Morgan fingerprint density at radius 3 is 2.33 bits per heavy atom. The van der Waals surface area contributed by atoms with Gasteiger partial charge >= 0.3 is 6.18 Å². The van der Waals surface area contributed by atoms with E-state index >= 15 is 0 Å². The number of aromatic nitrogens is 3. The third-order valence-electron chi connectivity index (χ3n) is 4.37. The van der Waals surface area contributed by atoms with Crippen molar-refractivity contribution in [1.82, 2.24) is 15.0 Å². The van der Waals surface area contributed by atoms with Gasteiger partial charge in [0.1, 0.15) is 29.5 Å². The predicted molar refractivity (Wildman–Crippen MR) is 118 cm³/mol. The maximum atomic E-state index is 13.0. The van der Waals surface area contributed by atoms with Gasteiger partial charge in [0.2, 0.25) is 0 Å². The fourth-order valence-electron chi connectivity index (χ4n) is 2.54. The van der Waals surface area contributed by atoms with Crippen molar-refractivity contribution in [2.45, 2.75) is 31.0 Å². The van der Waals surface area contributed by atoms with Crippen LogP contribution < -0.4 is 15.4 Å².